The minimum atomic E-state index is -0.886. The normalized spacial score (nSPS) is 10.2. The van der Waals surface area contributed by atoms with Gasteiger partial charge < -0.3 is 10.1 Å². The van der Waals surface area contributed by atoms with Crippen LogP contribution in [0.3, 0.4) is 0 Å². The fraction of sp³-hybridized carbons (Fsp3) is 0.214. The van der Waals surface area contributed by atoms with Gasteiger partial charge in [-0.25, -0.2) is 4.98 Å². The van der Waals surface area contributed by atoms with Crippen molar-refractivity contribution in [1.29, 1.82) is 0 Å². The number of benzene rings is 1. The van der Waals surface area contributed by atoms with E-state index < -0.39 is 5.97 Å². The zero-order valence-corrected chi connectivity index (χ0v) is 12.6. The van der Waals surface area contributed by atoms with Gasteiger partial charge in [-0.2, -0.15) is 0 Å². The van der Waals surface area contributed by atoms with E-state index in [0.717, 1.165) is 28.2 Å². The van der Waals surface area contributed by atoms with Crippen LogP contribution >= 0.6 is 11.8 Å². The SMILES string of the molecule is CC.O=C(O)CSc1n[nH]c(-c2c[nH]c3ccccc23)n1. The third kappa shape index (κ3) is 3.43. The van der Waals surface area contributed by atoms with Crippen LogP contribution in [-0.4, -0.2) is 37.0 Å². The Hall–Kier alpha value is -2.28. The minimum absolute atomic E-state index is 0.0504. The van der Waals surface area contributed by atoms with Crippen LogP contribution in [0.25, 0.3) is 22.3 Å². The lowest BCUT2D eigenvalue weighted by molar-refractivity contribution is -0.133. The maximum Gasteiger partial charge on any atom is 0.313 e. The van der Waals surface area contributed by atoms with Crippen LogP contribution in [0.2, 0.25) is 0 Å². The van der Waals surface area contributed by atoms with E-state index in [4.69, 9.17) is 5.11 Å². The molecule has 1 aromatic carbocycles. The number of carbonyl (C=O) groups is 1. The number of carboxylic acid groups (broad SMARTS) is 1. The smallest absolute Gasteiger partial charge is 0.313 e. The van der Waals surface area contributed by atoms with Gasteiger partial charge in [-0.05, 0) is 6.07 Å². The molecular formula is C14H16N4O2S. The zero-order chi connectivity index (χ0) is 15.2. The molecule has 21 heavy (non-hydrogen) atoms. The van der Waals surface area contributed by atoms with Crippen molar-refractivity contribution in [2.75, 3.05) is 5.75 Å². The van der Waals surface area contributed by atoms with Crippen molar-refractivity contribution < 1.29 is 9.90 Å². The second-order valence-corrected chi connectivity index (χ2v) is 4.84. The van der Waals surface area contributed by atoms with Crippen LogP contribution in [0.15, 0.2) is 35.6 Å². The first-order chi connectivity index (χ1) is 10.2. The molecule has 0 unspecified atom stereocenters. The molecule has 0 saturated carbocycles. The highest BCUT2D eigenvalue weighted by Gasteiger charge is 2.11. The summed E-state index contributed by atoms with van der Waals surface area (Å²) < 4.78 is 0. The molecule has 7 heteroatoms. The van der Waals surface area contributed by atoms with Crippen LogP contribution in [0.5, 0.6) is 0 Å². The lowest BCUT2D eigenvalue weighted by Gasteiger charge is -1.92. The summed E-state index contributed by atoms with van der Waals surface area (Å²) in [7, 11) is 0. The number of hydrogen-bond donors (Lipinski definition) is 3. The molecule has 2 aromatic heterocycles. The molecule has 3 aromatic rings. The van der Waals surface area contributed by atoms with Crippen LogP contribution in [0.4, 0.5) is 0 Å². The van der Waals surface area contributed by atoms with Crippen molar-refractivity contribution in [3.63, 3.8) is 0 Å². The summed E-state index contributed by atoms with van der Waals surface area (Å²) in [5.74, 6) is -0.306. The first-order valence-electron chi connectivity index (χ1n) is 6.57. The fourth-order valence-electron chi connectivity index (χ4n) is 1.83. The quantitative estimate of drug-likeness (QED) is 0.644. The van der Waals surface area contributed by atoms with Crippen molar-refractivity contribution in [3.05, 3.63) is 30.5 Å². The van der Waals surface area contributed by atoms with Crippen LogP contribution in [0.1, 0.15) is 13.8 Å². The van der Waals surface area contributed by atoms with Gasteiger partial charge in [0, 0.05) is 22.7 Å². The molecule has 0 spiro atoms. The predicted octanol–water partition coefficient (Wildman–Crippen LogP) is 3.16. The predicted molar refractivity (Wildman–Crippen MR) is 83.4 cm³/mol. The molecular weight excluding hydrogens is 288 g/mol. The van der Waals surface area contributed by atoms with E-state index in [1.165, 1.54) is 0 Å². The Morgan fingerprint density at radius 2 is 2.10 bits per heavy atom. The third-order valence-corrected chi connectivity index (χ3v) is 3.47. The van der Waals surface area contributed by atoms with E-state index in [0.29, 0.717) is 11.0 Å². The van der Waals surface area contributed by atoms with Crippen molar-refractivity contribution in [1.82, 2.24) is 20.2 Å². The molecule has 2 heterocycles. The molecule has 0 amide bonds. The Morgan fingerprint density at radius 1 is 1.33 bits per heavy atom. The molecule has 3 N–H and O–H groups in total. The topological polar surface area (TPSA) is 94.7 Å². The van der Waals surface area contributed by atoms with Crippen molar-refractivity contribution in [2.45, 2.75) is 19.0 Å². The van der Waals surface area contributed by atoms with Crippen molar-refractivity contribution >= 4 is 28.6 Å². The Balaban J connectivity index is 0.000000774. The maximum atomic E-state index is 10.5. The number of aromatic nitrogens is 4. The number of nitrogens with one attached hydrogen (secondary N) is 2. The molecule has 0 aliphatic carbocycles. The summed E-state index contributed by atoms with van der Waals surface area (Å²) in [6, 6.07) is 7.89. The fourth-order valence-corrected chi connectivity index (χ4v) is 2.34. The Morgan fingerprint density at radius 3 is 2.86 bits per heavy atom. The summed E-state index contributed by atoms with van der Waals surface area (Å²) in [6.45, 7) is 4.00. The van der Waals surface area contributed by atoms with E-state index in [2.05, 4.69) is 20.2 Å². The highest BCUT2D eigenvalue weighted by atomic mass is 32.2. The summed E-state index contributed by atoms with van der Waals surface area (Å²) in [5.41, 5.74) is 1.94. The number of H-pyrrole nitrogens is 2. The Labute approximate surface area is 126 Å². The first-order valence-corrected chi connectivity index (χ1v) is 7.56. The Kier molecular flexibility index (Phi) is 4.99. The molecule has 0 aliphatic rings. The number of nitrogens with zero attached hydrogens (tertiary/aromatic N) is 2. The molecule has 6 nitrogen and oxygen atoms in total. The largest absolute Gasteiger partial charge is 0.481 e. The summed E-state index contributed by atoms with van der Waals surface area (Å²) in [4.78, 5) is 17.9. The summed E-state index contributed by atoms with van der Waals surface area (Å²) in [5, 5.41) is 16.9. The van der Waals surface area contributed by atoms with Gasteiger partial charge in [-0.1, -0.05) is 43.8 Å². The minimum Gasteiger partial charge on any atom is -0.481 e. The van der Waals surface area contributed by atoms with Gasteiger partial charge in [0.2, 0.25) is 5.16 Å². The van der Waals surface area contributed by atoms with Crippen LogP contribution in [0, 0.1) is 0 Å². The number of carboxylic acids is 1. The van der Waals surface area contributed by atoms with Gasteiger partial charge in [0.15, 0.2) is 5.82 Å². The van der Waals surface area contributed by atoms with Gasteiger partial charge in [0.05, 0.1) is 5.75 Å². The lowest BCUT2D eigenvalue weighted by Crippen LogP contribution is -1.97. The van der Waals surface area contributed by atoms with Gasteiger partial charge in [-0.15, -0.1) is 5.10 Å². The summed E-state index contributed by atoms with van der Waals surface area (Å²) >= 11 is 1.09. The van der Waals surface area contributed by atoms with Gasteiger partial charge in [0.1, 0.15) is 0 Å². The zero-order valence-electron chi connectivity index (χ0n) is 11.8. The second-order valence-electron chi connectivity index (χ2n) is 3.90. The maximum absolute atomic E-state index is 10.5. The van der Waals surface area contributed by atoms with E-state index in [1.807, 2.05) is 44.3 Å². The van der Waals surface area contributed by atoms with Gasteiger partial charge >= 0.3 is 5.97 Å². The number of fused-ring (bicyclic) bond motifs is 1. The van der Waals surface area contributed by atoms with Crippen molar-refractivity contribution in [3.8, 4) is 11.4 Å². The summed E-state index contributed by atoms with van der Waals surface area (Å²) in [6.07, 6.45) is 1.86. The first kappa shape index (κ1) is 15.1. The average Bonchev–Trinajstić information content (AvgIpc) is 3.13. The molecule has 110 valence electrons. The third-order valence-electron chi connectivity index (χ3n) is 2.63. The molecule has 0 atom stereocenters. The number of thioether (sulfide) groups is 1. The van der Waals surface area contributed by atoms with E-state index in [1.54, 1.807) is 0 Å². The molecule has 0 radical (unpaired) electrons. The number of aliphatic carboxylic acids is 1. The van der Waals surface area contributed by atoms with Crippen molar-refractivity contribution in [2.24, 2.45) is 0 Å². The lowest BCUT2D eigenvalue weighted by atomic mass is 10.2. The molecule has 0 fully saturated rings. The van der Waals surface area contributed by atoms with E-state index >= 15 is 0 Å². The average molecular weight is 304 g/mol. The number of hydrogen-bond acceptors (Lipinski definition) is 4. The second kappa shape index (κ2) is 6.94. The highest BCUT2D eigenvalue weighted by molar-refractivity contribution is 7.99. The van der Waals surface area contributed by atoms with Crippen LogP contribution in [-0.2, 0) is 4.79 Å². The van der Waals surface area contributed by atoms with E-state index in [-0.39, 0.29) is 5.75 Å². The van der Waals surface area contributed by atoms with E-state index in [9.17, 15) is 4.79 Å². The Bertz CT molecular complexity index is 735. The molecule has 0 bridgehead atoms. The molecule has 3 rings (SSSR count). The van der Waals surface area contributed by atoms with Gasteiger partial charge in [0.25, 0.3) is 0 Å². The molecule has 0 aliphatic heterocycles. The monoisotopic (exact) mass is 304 g/mol. The van der Waals surface area contributed by atoms with Crippen LogP contribution < -0.4 is 0 Å². The highest BCUT2D eigenvalue weighted by Crippen LogP contribution is 2.26. The van der Waals surface area contributed by atoms with Gasteiger partial charge in [-0.3, -0.25) is 9.89 Å². The molecule has 0 saturated heterocycles. The standard InChI is InChI=1S/C12H10N4O2S.C2H6/c17-10(18)6-19-12-14-11(15-16-12)8-5-13-9-4-2-1-3-7(8)9;1-2/h1-5,13H,6H2,(H,17,18)(H,14,15,16);1-2H3. The number of para-hydroxylation sites is 1. The number of rotatable bonds is 4. The number of aromatic amines is 2.